The number of ether oxygens (including phenoxy) is 2. The molecule has 0 saturated carbocycles. The Morgan fingerprint density at radius 2 is 1.96 bits per heavy atom. The summed E-state index contributed by atoms with van der Waals surface area (Å²) in [6, 6.07) is 2.11. The largest absolute Gasteiger partial charge is 0.461 e. The third kappa shape index (κ3) is 6.57. The van der Waals surface area contributed by atoms with Gasteiger partial charge in [-0.2, -0.15) is 9.97 Å². The smallest absolute Gasteiger partial charge is 0.407 e. The summed E-state index contributed by atoms with van der Waals surface area (Å²) in [5.74, 6) is 0.742. The first kappa shape index (κ1) is 19.6. The summed E-state index contributed by atoms with van der Waals surface area (Å²) < 4.78 is 10.8. The quantitative estimate of drug-likeness (QED) is 0.818. The monoisotopic (exact) mass is 370 g/mol. The minimum atomic E-state index is -0.491. The third-order valence-electron chi connectivity index (χ3n) is 3.54. The first-order valence-corrected chi connectivity index (χ1v) is 8.96. The maximum Gasteiger partial charge on any atom is 0.407 e. The topological polar surface area (TPSA) is 76.6 Å². The zero-order valence-electron chi connectivity index (χ0n) is 15.5. The molecule has 0 unspecified atom stereocenters. The first-order valence-electron chi connectivity index (χ1n) is 8.58. The highest BCUT2D eigenvalue weighted by Crippen LogP contribution is 2.23. The van der Waals surface area contributed by atoms with Gasteiger partial charge in [-0.3, -0.25) is 0 Å². The number of rotatable bonds is 4. The van der Waals surface area contributed by atoms with Crippen LogP contribution in [-0.4, -0.2) is 46.9 Å². The maximum absolute atomic E-state index is 11.9. The molecule has 0 aromatic carbocycles. The van der Waals surface area contributed by atoms with Gasteiger partial charge >= 0.3 is 12.1 Å². The van der Waals surface area contributed by atoms with E-state index in [1.54, 1.807) is 6.07 Å². The normalized spacial score (nSPS) is 16.0. The molecule has 1 aromatic heterocycles. The summed E-state index contributed by atoms with van der Waals surface area (Å²) in [6.45, 7) is 10.9. The Labute approximate surface area is 154 Å². The van der Waals surface area contributed by atoms with Crippen LogP contribution in [0.15, 0.2) is 6.07 Å². The van der Waals surface area contributed by atoms with Gasteiger partial charge in [0.25, 0.3) is 0 Å². The zero-order chi connectivity index (χ0) is 18.6. The third-order valence-corrected chi connectivity index (χ3v) is 3.74. The molecule has 1 aliphatic rings. The first-order chi connectivity index (χ1) is 11.6. The Morgan fingerprint density at radius 3 is 2.52 bits per heavy atom. The summed E-state index contributed by atoms with van der Waals surface area (Å²) in [5, 5.41) is 3.28. The Kier molecular flexibility index (Phi) is 6.32. The highest BCUT2D eigenvalue weighted by atomic mass is 35.5. The van der Waals surface area contributed by atoms with Gasteiger partial charge in [-0.15, -0.1) is 0 Å². The van der Waals surface area contributed by atoms with E-state index in [1.165, 1.54) is 0 Å². The number of nitrogens with zero attached hydrogens (tertiary/aromatic N) is 3. The average Bonchev–Trinajstić information content (AvgIpc) is 2.44. The molecule has 1 aromatic rings. The van der Waals surface area contributed by atoms with Crippen molar-refractivity contribution in [1.82, 2.24) is 15.3 Å². The molecule has 1 fully saturated rings. The fraction of sp³-hybridized carbons (Fsp3) is 0.706. The van der Waals surface area contributed by atoms with Crippen molar-refractivity contribution >= 4 is 23.5 Å². The van der Waals surface area contributed by atoms with Crippen LogP contribution in [-0.2, 0) is 4.74 Å². The standard InChI is InChI=1S/C17H27ClN4O3/c1-11(2)24-15-20-13(18)10-14(21-15)22-8-6-12(7-9-22)19-16(23)25-17(3,4)5/h10-12H,6-9H2,1-5H3,(H,19,23). The van der Waals surface area contributed by atoms with Gasteiger partial charge in [0.1, 0.15) is 16.6 Å². The average molecular weight is 371 g/mol. The molecule has 1 N–H and O–H groups in total. The van der Waals surface area contributed by atoms with Crippen LogP contribution in [0.5, 0.6) is 6.01 Å². The number of hydrogen-bond donors (Lipinski definition) is 1. The molecule has 0 radical (unpaired) electrons. The van der Waals surface area contributed by atoms with Gasteiger partial charge in [0.2, 0.25) is 0 Å². The van der Waals surface area contributed by atoms with Gasteiger partial charge in [-0.1, -0.05) is 11.6 Å². The molecule has 8 heteroatoms. The molecular formula is C17H27ClN4O3. The van der Waals surface area contributed by atoms with Gasteiger partial charge < -0.3 is 19.7 Å². The van der Waals surface area contributed by atoms with E-state index in [1.807, 2.05) is 34.6 Å². The summed E-state index contributed by atoms with van der Waals surface area (Å²) >= 11 is 6.08. The molecular weight excluding hydrogens is 344 g/mol. The van der Waals surface area contributed by atoms with Gasteiger partial charge in [-0.25, -0.2) is 4.79 Å². The Bertz CT molecular complexity index is 596. The number of hydrogen-bond acceptors (Lipinski definition) is 6. The van der Waals surface area contributed by atoms with Crippen molar-refractivity contribution in [3.05, 3.63) is 11.2 Å². The second kappa shape index (κ2) is 8.08. The van der Waals surface area contributed by atoms with Crippen molar-refractivity contribution in [1.29, 1.82) is 0 Å². The highest BCUT2D eigenvalue weighted by Gasteiger charge is 2.24. The second-order valence-corrected chi connectivity index (χ2v) is 7.79. The van der Waals surface area contributed by atoms with Crippen molar-refractivity contribution in [2.45, 2.75) is 65.2 Å². The van der Waals surface area contributed by atoms with Crippen molar-refractivity contribution in [3.8, 4) is 6.01 Å². The van der Waals surface area contributed by atoms with Crippen LogP contribution in [0.1, 0.15) is 47.5 Å². The summed E-state index contributed by atoms with van der Waals surface area (Å²) in [7, 11) is 0. The van der Waals surface area contributed by atoms with Crippen LogP contribution in [0.4, 0.5) is 10.6 Å². The maximum atomic E-state index is 11.9. The fourth-order valence-electron chi connectivity index (χ4n) is 2.54. The molecule has 2 heterocycles. The molecule has 0 aliphatic carbocycles. The van der Waals surface area contributed by atoms with E-state index in [9.17, 15) is 4.79 Å². The zero-order valence-corrected chi connectivity index (χ0v) is 16.3. The van der Waals surface area contributed by atoms with Gasteiger partial charge in [0, 0.05) is 25.2 Å². The lowest BCUT2D eigenvalue weighted by Crippen LogP contribution is -2.46. The molecule has 7 nitrogen and oxygen atoms in total. The molecule has 0 atom stereocenters. The van der Waals surface area contributed by atoms with Crippen molar-refractivity contribution in [2.75, 3.05) is 18.0 Å². The number of alkyl carbamates (subject to hydrolysis) is 1. The van der Waals surface area contributed by atoms with E-state index in [2.05, 4.69) is 20.2 Å². The lowest BCUT2D eigenvalue weighted by molar-refractivity contribution is 0.0497. The van der Waals surface area contributed by atoms with E-state index in [-0.39, 0.29) is 24.2 Å². The predicted octanol–water partition coefficient (Wildman–Crippen LogP) is 3.41. The predicted molar refractivity (Wildman–Crippen MR) is 97.4 cm³/mol. The number of anilines is 1. The SMILES string of the molecule is CC(C)Oc1nc(Cl)cc(N2CCC(NC(=O)OC(C)(C)C)CC2)n1. The van der Waals surface area contributed by atoms with Crippen molar-refractivity contribution < 1.29 is 14.3 Å². The van der Waals surface area contributed by atoms with E-state index in [0.29, 0.717) is 5.15 Å². The van der Waals surface area contributed by atoms with Crippen LogP contribution < -0.4 is 15.0 Å². The number of amides is 1. The summed E-state index contributed by atoms with van der Waals surface area (Å²) in [6.07, 6.45) is 1.22. The lowest BCUT2D eigenvalue weighted by Gasteiger charge is -2.33. The van der Waals surface area contributed by atoms with Crippen LogP contribution in [0, 0.1) is 0 Å². The molecule has 1 amide bonds. The number of carbonyl (C=O) groups is 1. The molecule has 2 rings (SSSR count). The molecule has 140 valence electrons. The van der Waals surface area contributed by atoms with Crippen LogP contribution in [0.3, 0.4) is 0 Å². The molecule has 25 heavy (non-hydrogen) atoms. The minimum Gasteiger partial charge on any atom is -0.461 e. The molecule has 0 spiro atoms. The van der Waals surface area contributed by atoms with Gasteiger partial charge in [-0.05, 0) is 47.5 Å². The Hall–Kier alpha value is -1.76. The Balaban J connectivity index is 1.91. The van der Waals surface area contributed by atoms with Gasteiger partial charge in [0.05, 0.1) is 6.10 Å². The molecule has 1 aliphatic heterocycles. The minimum absolute atomic E-state index is 0.0184. The Morgan fingerprint density at radius 1 is 1.32 bits per heavy atom. The number of aromatic nitrogens is 2. The fourth-order valence-corrected chi connectivity index (χ4v) is 2.71. The van der Waals surface area contributed by atoms with E-state index in [4.69, 9.17) is 21.1 Å². The van der Waals surface area contributed by atoms with Crippen molar-refractivity contribution in [2.24, 2.45) is 0 Å². The number of nitrogens with one attached hydrogen (secondary N) is 1. The lowest BCUT2D eigenvalue weighted by atomic mass is 10.1. The number of piperidine rings is 1. The molecule has 1 saturated heterocycles. The number of carbonyl (C=O) groups excluding carboxylic acids is 1. The van der Waals surface area contributed by atoms with Crippen LogP contribution in [0.25, 0.3) is 0 Å². The summed E-state index contributed by atoms with van der Waals surface area (Å²) in [4.78, 5) is 22.5. The van der Waals surface area contributed by atoms with E-state index in [0.717, 1.165) is 31.7 Å². The number of halogens is 1. The van der Waals surface area contributed by atoms with Gasteiger partial charge in [0.15, 0.2) is 0 Å². The second-order valence-electron chi connectivity index (χ2n) is 7.41. The van der Waals surface area contributed by atoms with E-state index >= 15 is 0 Å². The van der Waals surface area contributed by atoms with Crippen LogP contribution >= 0.6 is 11.6 Å². The molecule has 0 bridgehead atoms. The highest BCUT2D eigenvalue weighted by molar-refractivity contribution is 6.29. The van der Waals surface area contributed by atoms with Crippen molar-refractivity contribution in [3.63, 3.8) is 0 Å². The van der Waals surface area contributed by atoms with Crippen LogP contribution in [0.2, 0.25) is 5.15 Å². The van der Waals surface area contributed by atoms with E-state index < -0.39 is 5.60 Å². The summed E-state index contributed by atoms with van der Waals surface area (Å²) in [5.41, 5.74) is -0.491.